The van der Waals surface area contributed by atoms with Crippen molar-refractivity contribution in [3.63, 3.8) is 0 Å². The number of hydrogen-bond donors (Lipinski definition) is 1. The second kappa shape index (κ2) is 7.87. The third-order valence-electron chi connectivity index (χ3n) is 4.51. The van der Waals surface area contributed by atoms with E-state index in [9.17, 15) is 22.8 Å². The summed E-state index contributed by atoms with van der Waals surface area (Å²) in [7, 11) is 0. The molecule has 0 radical (unpaired) electrons. The molecular weight excluding hydrogens is 375 g/mol. The van der Waals surface area contributed by atoms with E-state index in [0.717, 1.165) is 12.1 Å². The Morgan fingerprint density at radius 2 is 2.04 bits per heavy atom. The van der Waals surface area contributed by atoms with Gasteiger partial charge in [0.2, 0.25) is 0 Å². The first-order valence-corrected chi connectivity index (χ1v) is 8.63. The van der Waals surface area contributed by atoms with Crippen LogP contribution in [0.5, 0.6) is 5.75 Å². The van der Waals surface area contributed by atoms with Gasteiger partial charge in [-0.25, -0.2) is 4.98 Å². The zero-order valence-electron chi connectivity index (χ0n) is 14.8. The molecule has 6 nitrogen and oxygen atoms in total. The van der Waals surface area contributed by atoms with E-state index >= 15 is 0 Å². The van der Waals surface area contributed by atoms with Gasteiger partial charge >= 0.3 is 6.18 Å². The van der Waals surface area contributed by atoms with Crippen LogP contribution in [0.3, 0.4) is 0 Å². The number of alkyl halides is 3. The number of nitrogens with two attached hydrogens (primary N) is 1. The summed E-state index contributed by atoms with van der Waals surface area (Å²) in [4.78, 5) is 29.5. The first kappa shape index (κ1) is 19.7. The molecule has 28 heavy (non-hydrogen) atoms. The number of carbonyl (C=O) groups excluding carboxylic acids is 2. The van der Waals surface area contributed by atoms with Gasteiger partial charge in [0, 0.05) is 18.3 Å². The number of aromatic nitrogens is 1. The molecule has 1 fully saturated rings. The second-order valence-corrected chi connectivity index (χ2v) is 6.40. The number of rotatable bonds is 5. The average Bonchev–Trinajstić information content (AvgIpc) is 3.14. The fraction of sp³-hybridized carbons (Fsp3) is 0.316. The van der Waals surface area contributed by atoms with Crippen molar-refractivity contribution in [1.29, 1.82) is 0 Å². The Balaban J connectivity index is 1.73. The molecule has 1 atom stereocenters. The largest absolute Gasteiger partial charge is 0.489 e. The van der Waals surface area contributed by atoms with Crippen LogP contribution in [0.1, 0.15) is 39.3 Å². The van der Waals surface area contributed by atoms with Crippen molar-refractivity contribution in [2.75, 3.05) is 13.2 Å². The lowest BCUT2D eigenvalue weighted by Gasteiger charge is -2.25. The Labute approximate surface area is 159 Å². The molecule has 0 unspecified atom stereocenters. The molecule has 0 bridgehead atoms. The van der Waals surface area contributed by atoms with E-state index in [1.807, 2.05) is 0 Å². The predicted octanol–water partition coefficient (Wildman–Crippen LogP) is 2.88. The van der Waals surface area contributed by atoms with Crippen molar-refractivity contribution in [1.82, 2.24) is 9.88 Å². The molecule has 2 aromatic rings. The van der Waals surface area contributed by atoms with Gasteiger partial charge in [-0.2, -0.15) is 13.2 Å². The first-order chi connectivity index (χ1) is 13.3. The summed E-state index contributed by atoms with van der Waals surface area (Å²) in [5, 5.41) is 0. The minimum absolute atomic E-state index is 0.0174. The number of amides is 2. The summed E-state index contributed by atoms with van der Waals surface area (Å²) in [6.45, 7) is 0.496. The molecule has 2 N–H and O–H groups in total. The third-order valence-corrected chi connectivity index (χ3v) is 4.51. The van der Waals surface area contributed by atoms with Crippen LogP contribution in [-0.4, -0.2) is 40.9 Å². The van der Waals surface area contributed by atoms with Crippen LogP contribution in [0, 0.1) is 0 Å². The number of pyridine rings is 1. The number of halogens is 3. The SMILES string of the molecule is NC(=O)c1ncccc1OC[C@H]1CCCN1C(=O)c1cccc(C(F)(F)F)c1. The molecule has 1 aliphatic heterocycles. The second-order valence-electron chi connectivity index (χ2n) is 6.40. The molecule has 2 amide bonds. The van der Waals surface area contributed by atoms with Gasteiger partial charge in [0.05, 0.1) is 11.6 Å². The van der Waals surface area contributed by atoms with Crippen molar-refractivity contribution < 1.29 is 27.5 Å². The monoisotopic (exact) mass is 393 g/mol. The van der Waals surface area contributed by atoms with Crippen LogP contribution in [0.15, 0.2) is 42.6 Å². The van der Waals surface area contributed by atoms with Crippen LogP contribution in [-0.2, 0) is 6.18 Å². The maximum atomic E-state index is 12.9. The maximum absolute atomic E-state index is 12.9. The highest BCUT2D eigenvalue weighted by Gasteiger charge is 2.33. The predicted molar refractivity (Wildman–Crippen MR) is 93.8 cm³/mol. The quantitative estimate of drug-likeness (QED) is 0.847. The third kappa shape index (κ3) is 4.24. The fourth-order valence-electron chi connectivity index (χ4n) is 3.15. The Bertz CT molecular complexity index is 886. The zero-order valence-corrected chi connectivity index (χ0v) is 14.8. The highest BCUT2D eigenvalue weighted by Crippen LogP contribution is 2.30. The van der Waals surface area contributed by atoms with Gasteiger partial charge in [-0.15, -0.1) is 0 Å². The minimum Gasteiger partial charge on any atom is -0.489 e. The number of primary amides is 1. The molecule has 1 saturated heterocycles. The van der Waals surface area contributed by atoms with Crippen molar-refractivity contribution in [2.45, 2.75) is 25.1 Å². The number of hydrogen-bond acceptors (Lipinski definition) is 4. The zero-order chi connectivity index (χ0) is 20.3. The highest BCUT2D eigenvalue weighted by atomic mass is 19.4. The minimum atomic E-state index is -4.52. The van der Waals surface area contributed by atoms with Crippen molar-refractivity contribution in [3.8, 4) is 5.75 Å². The summed E-state index contributed by atoms with van der Waals surface area (Å²) < 4.78 is 44.4. The number of ether oxygens (including phenoxy) is 1. The van der Waals surface area contributed by atoms with Crippen LogP contribution in [0.2, 0.25) is 0 Å². The molecule has 1 aromatic carbocycles. The van der Waals surface area contributed by atoms with Crippen LogP contribution < -0.4 is 10.5 Å². The summed E-state index contributed by atoms with van der Waals surface area (Å²) in [5.41, 5.74) is 4.35. The smallest absolute Gasteiger partial charge is 0.416 e. The highest BCUT2D eigenvalue weighted by molar-refractivity contribution is 5.95. The van der Waals surface area contributed by atoms with Gasteiger partial charge in [0.25, 0.3) is 11.8 Å². The van der Waals surface area contributed by atoms with E-state index in [1.165, 1.54) is 23.2 Å². The average molecular weight is 393 g/mol. The molecule has 3 rings (SSSR count). The lowest BCUT2D eigenvalue weighted by Crippen LogP contribution is -2.39. The normalized spacial score (nSPS) is 16.8. The molecule has 9 heteroatoms. The molecule has 2 heterocycles. The van der Waals surface area contributed by atoms with E-state index in [-0.39, 0.29) is 29.7 Å². The number of likely N-dealkylation sites (tertiary alicyclic amines) is 1. The maximum Gasteiger partial charge on any atom is 0.416 e. The van der Waals surface area contributed by atoms with Gasteiger partial charge in [0.1, 0.15) is 6.61 Å². The van der Waals surface area contributed by atoms with Gasteiger partial charge in [-0.3, -0.25) is 9.59 Å². The van der Waals surface area contributed by atoms with Gasteiger partial charge in [0.15, 0.2) is 11.4 Å². The Kier molecular flexibility index (Phi) is 5.53. The molecule has 1 aromatic heterocycles. The number of carbonyl (C=O) groups is 2. The molecule has 148 valence electrons. The molecule has 0 saturated carbocycles. The molecule has 1 aliphatic rings. The standard InChI is InChI=1S/C19H18F3N3O3/c20-19(21,22)13-5-1-4-12(10-13)18(27)25-9-3-6-14(25)11-28-15-7-2-8-24-16(15)17(23)26/h1-2,4-5,7-8,10,14H,3,6,9,11H2,(H2,23,26)/t14-/m1/s1. The summed E-state index contributed by atoms with van der Waals surface area (Å²) in [6.07, 6.45) is -1.77. The van der Waals surface area contributed by atoms with E-state index < -0.39 is 23.6 Å². The van der Waals surface area contributed by atoms with E-state index in [2.05, 4.69) is 4.98 Å². The lowest BCUT2D eigenvalue weighted by molar-refractivity contribution is -0.137. The van der Waals surface area contributed by atoms with Gasteiger partial charge in [-0.05, 0) is 43.2 Å². The fourth-order valence-corrected chi connectivity index (χ4v) is 3.15. The molecule has 0 aliphatic carbocycles. The summed E-state index contributed by atoms with van der Waals surface area (Å²) >= 11 is 0. The lowest BCUT2D eigenvalue weighted by atomic mass is 10.1. The summed E-state index contributed by atoms with van der Waals surface area (Å²) in [6, 6.07) is 7.15. The van der Waals surface area contributed by atoms with E-state index in [4.69, 9.17) is 10.5 Å². The topological polar surface area (TPSA) is 85.5 Å². The molecule has 0 spiro atoms. The van der Waals surface area contributed by atoms with Crippen LogP contribution >= 0.6 is 0 Å². The Morgan fingerprint density at radius 1 is 1.25 bits per heavy atom. The van der Waals surface area contributed by atoms with Gasteiger partial charge in [-0.1, -0.05) is 6.07 Å². The van der Waals surface area contributed by atoms with Crippen LogP contribution in [0.4, 0.5) is 13.2 Å². The van der Waals surface area contributed by atoms with Crippen LogP contribution in [0.25, 0.3) is 0 Å². The Morgan fingerprint density at radius 3 is 2.75 bits per heavy atom. The Hall–Kier alpha value is -3.10. The summed E-state index contributed by atoms with van der Waals surface area (Å²) in [5.74, 6) is -1.02. The number of nitrogens with zero attached hydrogens (tertiary/aromatic N) is 2. The van der Waals surface area contributed by atoms with E-state index in [1.54, 1.807) is 12.1 Å². The molecular formula is C19H18F3N3O3. The van der Waals surface area contributed by atoms with Crippen molar-refractivity contribution in [2.24, 2.45) is 5.73 Å². The first-order valence-electron chi connectivity index (χ1n) is 8.63. The van der Waals surface area contributed by atoms with Crippen molar-refractivity contribution in [3.05, 3.63) is 59.4 Å². The number of benzene rings is 1. The van der Waals surface area contributed by atoms with Gasteiger partial charge < -0.3 is 15.4 Å². The van der Waals surface area contributed by atoms with Crippen molar-refractivity contribution >= 4 is 11.8 Å². The van der Waals surface area contributed by atoms with E-state index in [0.29, 0.717) is 19.4 Å².